The van der Waals surface area contributed by atoms with E-state index in [1.807, 2.05) is 36.4 Å². The third-order valence-corrected chi connectivity index (χ3v) is 12.4. The molecule has 0 heterocycles. The monoisotopic (exact) mass is 594 g/mol. The lowest BCUT2D eigenvalue weighted by Crippen LogP contribution is -2.51. The van der Waals surface area contributed by atoms with Crippen LogP contribution in [0.25, 0.3) is 6.08 Å². The molecule has 39 heavy (non-hydrogen) atoms. The summed E-state index contributed by atoms with van der Waals surface area (Å²) in [7, 11) is 0. The molecule has 4 aliphatic rings. The lowest BCUT2D eigenvalue weighted by Gasteiger charge is -2.58. The number of hydrogen-bond donors (Lipinski definition) is 0. The Hall–Kier alpha value is -1.35. The van der Waals surface area contributed by atoms with E-state index >= 15 is 0 Å². The number of allylic oxidation sites excluding steroid dienone is 1. The maximum atomic E-state index is 12.9. The number of carbonyl (C=O) groups is 1. The molecule has 3 heteroatoms. The molecule has 0 bridgehead atoms. The van der Waals surface area contributed by atoms with E-state index < -0.39 is 0 Å². The average molecular weight is 596 g/mol. The van der Waals surface area contributed by atoms with Gasteiger partial charge in [0.1, 0.15) is 10.6 Å². The maximum Gasteiger partial charge on any atom is 0.345 e. The van der Waals surface area contributed by atoms with Crippen LogP contribution in [0.5, 0.6) is 0 Å². The SMILES string of the molecule is CC(C)CCC[C@@H](C)[C@@H]1CC[C@@H]2[C@H]3CC=C4C[C@@H](OC(=O)/C(Br)=C/c5ccccc5)CC[C@]4(C)[C@@H]3CC[C@@]21C. The van der Waals surface area contributed by atoms with Gasteiger partial charge in [-0.25, -0.2) is 4.79 Å². The largest absolute Gasteiger partial charge is 0.458 e. The van der Waals surface area contributed by atoms with E-state index in [4.69, 9.17) is 4.74 Å². The first kappa shape index (κ1) is 29.2. The van der Waals surface area contributed by atoms with Crippen molar-refractivity contribution in [3.63, 3.8) is 0 Å². The summed E-state index contributed by atoms with van der Waals surface area (Å²) in [6.45, 7) is 12.5. The molecule has 0 saturated heterocycles. The molecule has 0 amide bonds. The predicted molar refractivity (Wildman–Crippen MR) is 166 cm³/mol. The average Bonchev–Trinajstić information content (AvgIpc) is 3.26. The van der Waals surface area contributed by atoms with Crippen LogP contribution in [0.1, 0.15) is 111 Å². The van der Waals surface area contributed by atoms with Crippen LogP contribution in [0.4, 0.5) is 0 Å². The zero-order chi connectivity index (χ0) is 27.8. The maximum absolute atomic E-state index is 12.9. The third-order valence-electron chi connectivity index (χ3n) is 11.8. The Balaban J connectivity index is 1.23. The second-order valence-electron chi connectivity index (χ2n) is 14.5. The highest BCUT2D eigenvalue weighted by Gasteiger charge is 2.59. The van der Waals surface area contributed by atoms with Crippen LogP contribution in [-0.4, -0.2) is 12.1 Å². The summed E-state index contributed by atoms with van der Waals surface area (Å²) in [5.74, 6) is 4.88. The molecule has 0 radical (unpaired) electrons. The molecule has 0 unspecified atom stereocenters. The molecule has 3 saturated carbocycles. The number of ether oxygens (including phenoxy) is 1. The molecule has 1 aromatic carbocycles. The van der Waals surface area contributed by atoms with Crippen LogP contribution < -0.4 is 0 Å². The number of halogens is 1. The van der Waals surface area contributed by atoms with Gasteiger partial charge in [0, 0.05) is 6.42 Å². The van der Waals surface area contributed by atoms with Crippen LogP contribution in [0, 0.1) is 46.3 Å². The predicted octanol–water partition coefficient (Wildman–Crippen LogP) is 10.4. The summed E-state index contributed by atoms with van der Waals surface area (Å²) in [5, 5.41) is 0. The van der Waals surface area contributed by atoms with E-state index in [1.54, 1.807) is 5.57 Å². The van der Waals surface area contributed by atoms with Gasteiger partial charge in [0.25, 0.3) is 0 Å². The summed E-state index contributed by atoms with van der Waals surface area (Å²) in [6.07, 6.45) is 18.6. The smallest absolute Gasteiger partial charge is 0.345 e. The van der Waals surface area contributed by atoms with E-state index in [1.165, 1.54) is 51.4 Å². The molecule has 2 nitrogen and oxygen atoms in total. The highest BCUT2D eigenvalue weighted by molar-refractivity contribution is 9.12. The fourth-order valence-electron chi connectivity index (χ4n) is 9.71. The molecule has 0 aromatic heterocycles. The van der Waals surface area contributed by atoms with Gasteiger partial charge in [-0.3, -0.25) is 0 Å². The van der Waals surface area contributed by atoms with Crippen molar-refractivity contribution in [1.29, 1.82) is 0 Å². The zero-order valence-corrected chi connectivity index (χ0v) is 26.6. The lowest BCUT2D eigenvalue weighted by atomic mass is 9.47. The normalized spacial score (nSPS) is 36.9. The second kappa shape index (κ2) is 11.9. The molecule has 214 valence electrons. The Morgan fingerprint density at radius 3 is 2.54 bits per heavy atom. The molecular formula is C36H51BrO2. The number of fused-ring (bicyclic) bond motifs is 5. The van der Waals surface area contributed by atoms with E-state index in [2.05, 4.69) is 56.6 Å². The first-order valence-corrected chi connectivity index (χ1v) is 16.7. The minimum absolute atomic E-state index is 0.0125. The highest BCUT2D eigenvalue weighted by atomic mass is 79.9. The van der Waals surface area contributed by atoms with Gasteiger partial charge in [0.05, 0.1) is 0 Å². The molecule has 8 atom stereocenters. The van der Waals surface area contributed by atoms with E-state index in [0.717, 1.165) is 60.3 Å². The third kappa shape index (κ3) is 5.86. The molecular weight excluding hydrogens is 544 g/mol. The Bertz CT molecular complexity index is 1070. The Morgan fingerprint density at radius 2 is 1.79 bits per heavy atom. The number of hydrogen-bond acceptors (Lipinski definition) is 2. The number of carbonyl (C=O) groups excluding carboxylic acids is 1. The van der Waals surface area contributed by atoms with Crippen molar-refractivity contribution in [2.75, 3.05) is 0 Å². The fourth-order valence-corrected chi connectivity index (χ4v) is 10.1. The van der Waals surface area contributed by atoms with E-state index in [9.17, 15) is 4.79 Å². The summed E-state index contributed by atoms with van der Waals surface area (Å²) < 4.78 is 6.53. The minimum Gasteiger partial charge on any atom is -0.458 e. The first-order valence-electron chi connectivity index (χ1n) is 15.9. The van der Waals surface area contributed by atoms with Gasteiger partial charge in [0.15, 0.2) is 0 Å². The van der Waals surface area contributed by atoms with Crippen molar-refractivity contribution in [3.8, 4) is 0 Å². The second-order valence-corrected chi connectivity index (χ2v) is 15.3. The van der Waals surface area contributed by atoms with Crippen molar-refractivity contribution in [2.45, 2.75) is 111 Å². The van der Waals surface area contributed by atoms with Crippen LogP contribution >= 0.6 is 15.9 Å². The molecule has 5 rings (SSSR count). The first-order chi connectivity index (χ1) is 18.6. The Labute approximate surface area is 246 Å². The molecule has 0 N–H and O–H groups in total. The molecule has 3 fully saturated rings. The molecule has 0 spiro atoms. The van der Waals surface area contributed by atoms with E-state index in [0.29, 0.717) is 9.90 Å². The summed E-state index contributed by atoms with van der Waals surface area (Å²) in [6, 6.07) is 9.95. The number of rotatable bonds is 8. The molecule has 4 aliphatic carbocycles. The summed E-state index contributed by atoms with van der Waals surface area (Å²) >= 11 is 3.47. The van der Waals surface area contributed by atoms with Crippen molar-refractivity contribution in [3.05, 3.63) is 52.0 Å². The fraction of sp³-hybridized carbons (Fsp3) is 0.694. The van der Waals surface area contributed by atoms with Crippen LogP contribution in [0.15, 0.2) is 46.5 Å². The van der Waals surface area contributed by atoms with Crippen molar-refractivity contribution in [2.24, 2.45) is 46.3 Å². The van der Waals surface area contributed by atoms with Crippen molar-refractivity contribution < 1.29 is 9.53 Å². The topological polar surface area (TPSA) is 26.3 Å². The van der Waals surface area contributed by atoms with Crippen LogP contribution in [0.3, 0.4) is 0 Å². The minimum atomic E-state index is -0.241. The molecule has 0 aliphatic heterocycles. The van der Waals surface area contributed by atoms with Gasteiger partial charge in [-0.05, 0) is 119 Å². The number of esters is 1. The van der Waals surface area contributed by atoms with E-state index in [-0.39, 0.29) is 17.5 Å². The van der Waals surface area contributed by atoms with Crippen LogP contribution in [0.2, 0.25) is 0 Å². The number of benzene rings is 1. The summed E-state index contributed by atoms with van der Waals surface area (Å²) in [5.41, 5.74) is 3.40. The van der Waals surface area contributed by atoms with Crippen molar-refractivity contribution in [1.82, 2.24) is 0 Å². The standard InChI is InChI=1S/C36H51BrO2/c1-24(2)10-9-11-25(3)30-16-17-31-29-15-14-27-23-28(18-20-35(27,4)32(29)19-21-36(30,31)5)39-34(38)33(37)22-26-12-7-6-8-13-26/h6-8,12-14,22,24-25,28-32H,9-11,15-21,23H2,1-5H3/b33-22-/t25-,28+,29-,30+,31-,32-,35+,36-/m1/s1. The van der Waals surface area contributed by atoms with Crippen LogP contribution in [-0.2, 0) is 9.53 Å². The Kier molecular flexibility index (Phi) is 8.87. The van der Waals surface area contributed by atoms with Gasteiger partial charge < -0.3 is 4.74 Å². The quantitative estimate of drug-likeness (QED) is 0.170. The van der Waals surface area contributed by atoms with Gasteiger partial charge in [-0.15, -0.1) is 0 Å². The molecule has 1 aromatic rings. The van der Waals surface area contributed by atoms with Gasteiger partial charge in [-0.1, -0.05) is 95.9 Å². The Morgan fingerprint density at radius 1 is 1.03 bits per heavy atom. The summed E-state index contributed by atoms with van der Waals surface area (Å²) in [4.78, 5) is 12.9. The highest BCUT2D eigenvalue weighted by Crippen LogP contribution is 2.67. The zero-order valence-electron chi connectivity index (χ0n) is 25.1. The van der Waals surface area contributed by atoms with Gasteiger partial charge in [-0.2, -0.15) is 0 Å². The van der Waals surface area contributed by atoms with Gasteiger partial charge >= 0.3 is 5.97 Å². The van der Waals surface area contributed by atoms with Crippen molar-refractivity contribution >= 4 is 28.0 Å². The lowest BCUT2D eigenvalue weighted by molar-refractivity contribution is -0.145. The van der Waals surface area contributed by atoms with Gasteiger partial charge in [0.2, 0.25) is 0 Å².